The zero-order chi connectivity index (χ0) is 9.80. The third-order valence-electron chi connectivity index (χ3n) is 2.43. The van der Waals surface area contributed by atoms with E-state index in [2.05, 4.69) is 22.0 Å². The second-order valence-electron chi connectivity index (χ2n) is 3.56. The smallest absolute Gasteiger partial charge is 0.0501 e. The molecule has 0 saturated heterocycles. The summed E-state index contributed by atoms with van der Waals surface area (Å²) < 4.78 is 0. The summed E-state index contributed by atoms with van der Waals surface area (Å²) in [7, 11) is 0. The lowest BCUT2D eigenvalue weighted by Gasteiger charge is -2.13. The second kappa shape index (κ2) is 4.24. The van der Waals surface area contributed by atoms with Crippen molar-refractivity contribution in [1.29, 1.82) is 0 Å². The van der Waals surface area contributed by atoms with Crippen LogP contribution in [0.15, 0.2) is 30.5 Å². The van der Waals surface area contributed by atoms with Gasteiger partial charge in [-0.15, -0.1) is 0 Å². The van der Waals surface area contributed by atoms with E-state index in [1.807, 2.05) is 12.1 Å². The minimum atomic E-state index is 0.733. The molecular formula is C11H15N3. The van der Waals surface area contributed by atoms with Crippen LogP contribution in [-0.4, -0.2) is 29.5 Å². The molecule has 1 aliphatic rings. The largest absolute Gasteiger partial charge is 0.397 e. The van der Waals surface area contributed by atoms with E-state index in [0.29, 0.717) is 0 Å². The maximum Gasteiger partial charge on any atom is 0.0501 e. The Balaban J connectivity index is 1.82. The molecule has 2 N–H and O–H groups in total. The highest BCUT2D eigenvalue weighted by Gasteiger charge is 2.05. The van der Waals surface area contributed by atoms with Gasteiger partial charge in [0, 0.05) is 31.7 Å². The van der Waals surface area contributed by atoms with Crippen LogP contribution >= 0.6 is 0 Å². The third kappa shape index (κ3) is 2.33. The van der Waals surface area contributed by atoms with Crippen molar-refractivity contribution in [3.05, 3.63) is 36.2 Å². The SMILES string of the molecule is Nc1ccc(CCN2CC=CC2)nc1. The summed E-state index contributed by atoms with van der Waals surface area (Å²) in [6.07, 6.45) is 7.13. The maximum absolute atomic E-state index is 5.56. The van der Waals surface area contributed by atoms with Crippen molar-refractivity contribution in [2.45, 2.75) is 6.42 Å². The van der Waals surface area contributed by atoms with E-state index in [-0.39, 0.29) is 0 Å². The first kappa shape index (κ1) is 9.21. The Morgan fingerprint density at radius 3 is 2.71 bits per heavy atom. The summed E-state index contributed by atoms with van der Waals surface area (Å²) in [5.41, 5.74) is 7.41. The standard InChI is InChI=1S/C11H15N3/c12-10-3-4-11(13-9-10)5-8-14-6-1-2-7-14/h1-4,9H,5-8,12H2. The van der Waals surface area contributed by atoms with Gasteiger partial charge in [-0.25, -0.2) is 0 Å². The number of hydrogen-bond donors (Lipinski definition) is 1. The molecule has 2 rings (SSSR count). The van der Waals surface area contributed by atoms with Crippen LogP contribution in [0.2, 0.25) is 0 Å². The molecule has 0 amide bonds. The summed E-state index contributed by atoms with van der Waals surface area (Å²) in [4.78, 5) is 6.65. The molecule has 74 valence electrons. The van der Waals surface area contributed by atoms with E-state index in [9.17, 15) is 0 Å². The van der Waals surface area contributed by atoms with Gasteiger partial charge in [-0.05, 0) is 12.1 Å². The highest BCUT2D eigenvalue weighted by molar-refractivity contribution is 5.34. The first-order valence-electron chi connectivity index (χ1n) is 4.92. The lowest BCUT2D eigenvalue weighted by molar-refractivity contribution is 0.356. The first-order chi connectivity index (χ1) is 6.84. The van der Waals surface area contributed by atoms with Gasteiger partial charge in [-0.2, -0.15) is 0 Å². The van der Waals surface area contributed by atoms with Crippen molar-refractivity contribution in [3.63, 3.8) is 0 Å². The Labute approximate surface area is 84.2 Å². The highest BCUT2D eigenvalue weighted by atomic mass is 15.1. The summed E-state index contributed by atoms with van der Waals surface area (Å²) >= 11 is 0. The maximum atomic E-state index is 5.56. The number of nitrogens with zero attached hydrogens (tertiary/aromatic N) is 2. The molecule has 1 aliphatic heterocycles. The van der Waals surface area contributed by atoms with E-state index in [1.165, 1.54) is 0 Å². The van der Waals surface area contributed by atoms with Crippen LogP contribution in [0.5, 0.6) is 0 Å². The topological polar surface area (TPSA) is 42.1 Å². The minimum Gasteiger partial charge on any atom is -0.397 e. The van der Waals surface area contributed by atoms with Crippen molar-refractivity contribution >= 4 is 5.69 Å². The molecule has 0 unspecified atom stereocenters. The van der Waals surface area contributed by atoms with Crippen LogP contribution in [-0.2, 0) is 6.42 Å². The van der Waals surface area contributed by atoms with E-state index in [0.717, 1.165) is 37.4 Å². The molecule has 0 radical (unpaired) electrons. The Bertz CT molecular complexity index is 308. The third-order valence-corrected chi connectivity index (χ3v) is 2.43. The van der Waals surface area contributed by atoms with Crippen LogP contribution in [0.25, 0.3) is 0 Å². The molecule has 3 nitrogen and oxygen atoms in total. The number of rotatable bonds is 3. The van der Waals surface area contributed by atoms with Gasteiger partial charge in [-0.1, -0.05) is 12.2 Å². The number of hydrogen-bond acceptors (Lipinski definition) is 3. The van der Waals surface area contributed by atoms with Crippen LogP contribution in [0.3, 0.4) is 0 Å². The van der Waals surface area contributed by atoms with Crippen molar-refractivity contribution in [2.24, 2.45) is 0 Å². The molecule has 2 heterocycles. The Morgan fingerprint density at radius 1 is 1.29 bits per heavy atom. The van der Waals surface area contributed by atoms with Crippen molar-refractivity contribution in [3.8, 4) is 0 Å². The van der Waals surface area contributed by atoms with Gasteiger partial charge >= 0.3 is 0 Å². The van der Waals surface area contributed by atoms with Crippen molar-refractivity contribution in [2.75, 3.05) is 25.4 Å². The molecule has 0 spiro atoms. The zero-order valence-corrected chi connectivity index (χ0v) is 8.19. The number of pyridine rings is 1. The van der Waals surface area contributed by atoms with Crippen molar-refractivity contribution in [1.82, 2.24) is 9.88 Å². The van der Waals surface area contributed by atoms with E-state index < -0.39 is 0 Å². The van der Waals surface area contributed by atoms with E-state index >= 15 is 0 Å². The molecule has 0 atom stereocenters. The van der Waals surface area contributed by atoms with Gasteiger partial charge in [0.2, 0.25) is 0 Å². The molecule has 0 fully saturated rings. The fraction of sp³-hybridized carbons (Fsp3) is 0.364. The molecule has 1 aromatic heterocycles. The molecule has 14 heavy (non-hydrogen) atoms. The van der Waals surface area contributed by atoms with Gasteiger partial charge in [0.25, 0.3) is 0 Å². The van der Waals surface area contributed by atoms with Crippen molar-refractivity contribution < 1.29 is 0 Å². The van der Waals surface area contributed by atoms with Crippen LogP contribution < -0.4 is 5.73 Å². The number of aromatic nitrogens is 1. The fourth-order valence-electron chi connectivity index (χ4n) is 1.56. The normalized spacial score (nSPS) is 16.3. The van der Waals surface area contributed by atoms with Crippen LogP contribution in [0.1, 0.15) is 5.69 Å². The summed E-state index contributed by atoms with van der Waals surface area (Å²) in [5, 5.41) is 0. The Morgan fingerprint density at radius 2 is 2.07 bits per heavy atom. The van der Waals surface area contributed by atoms with Gasteiger partial charge in [0.15, 0.2) is 0 Å². The quantitative estimate of drug-likeness (QED) is 0.723. The molecular weight excluding hydrogens is 174 g/mol. The number of nitrogen functional groups attached to an aromatic ring is 1. The van der Waals surface area contributed by atoms with Gasteiger partial charge in [0.1, 0.15) is 0 Å². The summed E-state index contributed by atoms with van der Waals surface area (Å²) in [6, 6.07) is 3.91. The number of nitrogens with two attached hydrogens (primary N) is 1. The lowest BCUT2D eigenvalue weighted by atomic mass is 10.2. The van der Waals surface area contributed by atoms with Gasteiger partial charge in [0.05, 0.1) is 11.9 Å². The second-order valence-corrected chi connectivity index (χ2v) is 3.56. The van der Waals surface area contributed by atoms with Gasteiger partial charge < -0.3 is 5.73 Å². The zero-order valence-electron chi connectivity index (χ0n) is 8.19. The van der Waals surface area contributed by atoms with E-state index in [4.69, 9.17) is 5.73 Å². The van der Waals surface area contributed by atoms with E-state index in [1.54, 1.807) is 6.20 Å². The predicted octanol–water partition coefficient (Wildman–Crippen LogP) is 1.08. The summed E-state index contributed by atoms with van der Waals surface area (Å²) in [5.74, 6) is 0. The fourth-order valence-corrected chi connectivity index (χ4v) is 1.56. The van der Waals surface area contributed by atoms with Crippen LogP contribution in [0, 0.1) is 0 Å². The minimum absolute atomic E-state index is 0.733. The molecule has 0 aliphatic carbocycles. The first-order valence-corrected chi connectivity index (χ1v) is 4.92. The average Bonchev–Trinajstić information content (AvgIpc) is 2.70. The van der Waals surface area contributed by atoms with Crippen LogP contribution in [0.4, 0.5) is 5.69 Å². The molecule has 1 aromatic rings. The average molecular weight is 189 g/mol. The monoisotopic (exact) mass is 189 g/mol. The number of anilines is 1. The van der Waals surface area contributed by atoms with Gasteiger partial charge in [-0.3, -0.25) is 9.88 Å². The molecule has 0 saturated carbocycles. The molecule has 3 heteroatoms. The Hall–Kier alpha value is -1.35. The highest BCUT2D eigenvalue weighted by Crippen LogP contribution is 2.04. The Kier molecular flexibility index (Phi) is 2.79. The molecule has 0 aromatic carbocycles. The predicted molar refractivity (Wildman–Crippen MR) is 57.9 cm³/mol. The summed E-state index contributed by atoms with van der Waals surface area (Å²) in [6.45, 7) is 3.23. The molecule has 0 bridgehead atoms. The lowest BCUT2D eigenvalue weighted by Crippen LogP contribution is -2.22.